The van der Waals surface area contributed by atoms with Gasteiger partial charge in [0.2, 0.25) is 0 Å². The minimum atomic E-state index is -3.59. The first kappa shape index (κ1) is 15.5. The highest BCUT2D eigenvalue weighted by Crippen LogP contribution is 2.30. The summed E-state index contributed by atoms with van der Waals surface area (Å²) >= 11 is 4.66. The summed E-state index contributed by atoms with van der Waals surface area (Å²) in [7, 11) is -3.59. The lowest BCUT2D eigenvalue weighted by Crippen LogP contribution is -2.13. The number of benzene rings is 1. The average molecular weight is 376 g/mol. The van der Waals surface area contributed by atoms with Crippen LogP contribution in [0, 0.1) is 6.92 Å². The summed E-state index contributed by atoms with van der Waals surface area (Å²) in [5.41, 5.74) is 1.21. The second-order valence-electron chi connectivity index (χ2n) is 4.37. The highest BCUT2D eigenvalue weighted by Gasteiger charge is 2.19. The second kappa shape index (κ2) is 5.85. The molecule has 0 aliphatic carbocycles. The summed E-state index contributed by atoms with van der Waals surface area (Å²) < 4.78 is 27.9. The van der Waals surface area contributed by atoms with E-state index in [-0.39, 0.29) is 4.90 Å². The monoisotopic (exact) mass is 375 g/mol. The van der Waals surface area contributed by atoms with Gasteiger partial charge in [-0.1, -0.05) is 12.1 Å². The number of hydrogen-bond acceptors (Lipinski definition) is 4. The lowest BCUT2D eigenvalue weighted by atomic mass is 10.1. The van der Waals surface area contributed by atoms with Crippen LogP contribution in [-0.4, -0.2) is 13.5 Å². The fourth-order valence-corrected chi connectivity index (χ4v) is 5.21. The molecule has 0 saturated heterocycles. The largest absolute Gasteiger partial charge is 0.389 e. The van der Waals surface area contributed by atoms with Crippen molar-refractivity contribution < 1.29 is 13.5 Å². The van der Waals surface area contributed by atoms with E-state index in [2.05, 4.69) is 20.7 Å². The standard InChI is InChI=1S/C13H14BrNO3S2/c1-8(16)10-3-5-11(6-4-10)15-20(17,18)12-7-13(14)19-9(12)2/h3-8,15-16H,1-2H3. The van der Waals surface area contributed by atoms with Crippen LogP contribution in [0.25, 0.3) is 0 Å². The highest BCUT2D eigenvalue weighted by atomic mass is 79.9. The van der Waals surface area contributed by atoms with Crippen LogP contribution < -0.4 is 4.72 Å². The van der Waals surface area contributed by atoms with Crippen LogP contribution in [0.3, 0.4) is 0 Å². The van der Waals surface area contributed by atoms with Crippen LogP contribution in [0.5, 0.6) is 0 Å². The Kier molecular flexibility index (Phi) is 4.53. The van der Waals surface area contributed by atoms with Gasteiger partial charge in [0.25, 0.3) is 10.0 Å². The summed E-state index contributed by atoms with van der Waals surface area (Å²) in [6.07, 6.45) is -0.573. The summed E-state index contributed by atoms with van der Waals surface area (Å²) in [5.74, 6) is 0. The van der Waals surface area contributed by atoms with Crippen LogP contribution in [0.15, 0.2) is 39.0 Å². The zero-order valence-electron chi connectivity index (χ0n) is 10.9. The fourth-order valence-electron chi connectivity index (χ4n) is 1.74. The number of aryl methyl sites for hydroxylation is 1. The Morgan fingerprint density at radius 1 is 1.30 bits per heavy atom. The molecule has 0 bridgehead atoms. The highest BCUT2D eigenvalue weighted by molar-refractivity contribution is 9.11. The van der Waals surface area contributed by atoms with Crippen LogP contribution in [0.2, 0.25) is 0 Å². The lowest BCUT2D eigenvalue weighted by molar-refractivity contribution is 0.199. The number of thiophene rings is 1. The van der Waals surface area contributed by atoms with Gasteiger partial charge in [0, 0.05) is 10.6 Å². The third kappa shape index (κ3) is 3.41. The van der Waals surface area contributed by atoms with Crippen LogP contribution in [0.1, 0.15) is 23.5 Å². The molecule has 0 fully saturated rings. The molecular weight excluding hydrogens is 362 g/mol. The third-order valence-corrected chi connectivity index (χ3v) is 5.97. The van der Waals surface area contributed by atoms with Gasteiger partial charge < -0.3 is 5.11 Å². The Bertz CT molecular complexity index is 706. The van der Waals surface area contributed by atoms with Crippen molar-refractivity contribution in [2.24, 2.45) is 0 Å². The number of halogens is 1. The summed E-state index contributed by atoms with van der Waals surface area (Å²) in [5, 5.41) is 9.42. The smallest absolute Gasteiger partial charge is 0.263 e. The number of aliphatic hydroxyl groups is 1. The molecule has 0 radical (unpaired) electrons. The van der Waals surface area contributed by atoms with E-state index in [4.69, 9.17) is 0 Å². The molecule has 1 aromatic heterocycles. The zero-order chi connectivity index (χ0) is 14.9. The topological polar surface area (TPSA) is 66.4 Å². The summed E-state index contributed by atoms with van der Waals surface area (Å²) in [6.45, 7) is 3.42. The van der Waals surface area contributed by atoms with Gasteiger partial charge in [0.15, 0.2) is 0 Å². The maximum atomic E-state index is 12.3. The molecule has 1 aromatic carbocycles. The molecule has 0 aliphatic heterocycles. The number of hydrogen-bond donors (Lipinski definition) is 2. The van der Waals surface area contributed by atoms with Crippen molar-refractivity contribution in [1.82, 2.24) is 0 Å². The van der Waals surface area contributed by atoms with E-state index in [0.29, 0.717) is 5.69 Å². The number of sulfonamides is 1. The first-order valence-corrected chi connectivity index (χ1v) is 8.95. The first-order valence-electron chi connectivity index (χ1n) is 5.86. The van der Waals surface area contributed by atoms with Crippen molar-refractivity contribution in [3.63, 3.8) is 0 Å². The molecule has 0 amide bonds. The van der Waals surface area contributed by atoms with Gasteiger partial charge in [-0.2, -0.15) is 0 Å². The predicted molar refractivity (Wildman–Crippen MR) is 84.6 cm³/mol. The van der Waals surface area contributed by atoms with Gasteiger partial charge in [0.05, 0.1) is 9.89 Å². The molecule has 7 heteroatoms. The molecule has 1 heterocycles. The predicted octanol–water partition coefficient (Wildman–Crippen LogP) is 3.67. The number of nitrogens with one attached hydrogen (secondary N) is 1. The molecule has 108 valence electrons. The minimum Gasteiger partial charge on any atom is -0.389 e. The number of aliphatic hydroxyl groups excluding tert-OH is 1. The Balaban J connectivity index is 2.26. The van der Waals surface area contributed by atoms with Crippen LogP contribution >= 0.6 is 27.3 Å². The fraction of sp³-hybridized carbons (Fsp3) is 0.231. The van der Waals surface area contributed by atoms with E-state index >= 15 is 0 Å². The van der Waals surface area contributed by atoms with E-state index in [0.717, 1.165) is 14.2 Å². The Morgan fingerprint density at radius 3 is 2.35 bits per heavy atom. The lowest BCUT2D eigenvalue weighted by Gasteiger charge is -2.09. The van der Waals surface area contributed by atoms with Crippen molar-refractivity contribution in [3.8, 4) is 0 Å². The van der Waals surface area contributed by atoms with Crippen molar-refractivity contribution in [2.75, 3.05) is 4.72 Å². The first-order chi connectivity index (χ1) is 9.29. The van der Waals surface area contributed by atoms with E-state index in [1.165, 1.54) is 11.3 Å². The molecule has 2 N–H and O–H groups in total. The third-order valence-electron chi connectivity index (χ3n) is 2.78. The minimum absolute atomic E-state index is 0.272. The van der Waals surface area contributed by atoms with Gasteiger partial charge in [-0.15, -0.1) is 11.3 Å². The van der Waals surface area contributed by atoms with Crippen molar-refractivity contribution in [1.29, 1.82) is 0 Å². The van der Waals surface area contributed by atoms with E-state index in [9.17, 15) is 13.5 Å². The van der Waals surface area contributed by atoms with Crippen LogP contribution in [0.4, 0.5) is 5.69 Å². The normalized spacial score (nSPS) is 13.2. The Labute approximate surface area is 130 Å². The van der Waals surface area contributed by atoms with E-state index < -0.39 is 16.1 Å². The molecular formula is C13H14BrNO3S2. The molecule has 1 atom stereocenters. The Hall–Kier alpha value is -0.890. The maximum absolute atomic E-state index is 12.3. The van der Waals surface area contributed by atoms with Gasteiger partial charge in [-0.25, -0.2) is 8.42 Å². The van der Waals surface area contributed by atoms with E-state index in [1.54, 1.807) is 44.2 Å². The quantitative estimate of drug-likeness (QED) is 0.856. The SMILES string of the molecule is Cc1sc(Br)cc1S(=O)(=O)Nc1ccc(C(C)O)cc1. The van der Waals surface area contributed by atoms with E-state index in [1.807, 2.05) is 0 Å². The molecule has 20 heavy (non-hydrogen) atoms. The van der Waals surface area contributed by atoms with Gasteiger partial charge >= 0.3 is 0 Å². The van der Waals surface area contributed by atoms with Gasteiger partial charge in [0.1, 0.15) is 4.90 Å². The van der Waals surface area contributed by atoms with Gasteiger partial charge in [-0.05, 0) is 53.5 Å². The second-order valence-corrected chi connectivity index (χ2v) is 8.66. The maximum Gasteiger partial charge on any atom is 0.263 e. The van der Waals surface area contributed by atoms with Crippen molar-refractivity contribution in [2.45, 2.75) is 24.8 Å². The van der Waals surface area contributed by atoms with Crippen molar-refractivity contribution in [3.05, 3.63) is 44.6 Å². The molecule has 1 unspecified atom stereocenters. The Morgan fingerprint density at radius 2 is 1.90 bits per heavy atom. The molecule has 4 nitrogen and oxygen atoms in total. The molecule has 0 saturated carbocycles. The summed E-state index contributed by atoms with van der Waals surface area (Å²) in [6, 6.07) is 8.25. The molecule has 0 aliphatic rings. The molecule has 2 rings (SSSR count). The zero-order valence-corrected chi connectivity index (χ0v) is 14.1. The van der Waals surface area contributed by atoms with Crippen LogP contribution in [-0.2, 0) is 10.0 Å². The average Bonchev–Trinajstić information content (AvgIpc) is 2.69. The molecule has 2 aromatic rings. The number of rotatable bonds is 4. The van der Waals surface area contributed by atoms with Crippen molar-refractivity contribution >= 4 is 43.0 Å². The molecule has 0 spiro atoms. The van der Waals surface area contributed by atoms with Gasteiger partial charge in [-0.3, -0.25) is 4.72 Å². The summed E-state index contributed by atoms with van der Waals surface area (Å²) in [4.78, 5) is 0.999. The number of anilines is 1.